The number of ether oxygens (including phenoxy) is 2. The van der Waals surface area contributed by atoms with Crippen molar-refractivity contribution in [1.29, 1.82) is 0 Å². The Labute approximate surface area is 110 Å². The number of hydrogen-bond acceptors (Lipinski definition) is 4. The fourth-order valence-electron chi connectivity index (χ4n) is 2.32. The van der Waals surface area contributed by atoms with Gasteiger partial charge in [-0.25, -0.2) is 0 Å². The Morgan fingerprint density at radius 3 is 1.72 bits per heavy atom. The summed E-state index contributed by atoms with van der Waals surface area (Å²) in [7, 11) is 0. The fourth-order valence-corrected chi connectivity index (χ4v) is 2.32. The highest BCUT2D eigenvalue weighted by Crippen LogP contribution is 2.37. The first kappa shape index (κ1) is 16.9. The standard InChI is InChI=1S/C14H26O4/c1-6-10-11(5)14(7-2,12(15)17-8-3)13(16)18-9-4/h11H,6-10H2,1-5H3/t11-/m1/s1. The van der Waals surface area contributed by atoms with Crippen molar-refractivity contribution in [1.82, 2.24) is 0 Å². The van der Waals surface area contributed by atoms with Crippen LogP contribution in [0.2, 0.25) is 0 Å². The molecule has 0 radical (unpaired) electrons. The lowest BCUT2D eigenvalue weighted by atomic mass is 9.72. The van der Waals surface area contributed by atoms with Gasteiger partial charge in [0.15, 0.2) is 5.41 Å². The lowest BCUT2D eigenvalue weighted by Gasteiger charge is -2.33. The van der Waals surface area contributed by atoms with Gasteiger partial charge < -0.3 is 9.47 Å². The predicted octanol–water partition coefficient (Wildman–Crippen LogP) is 2.95. The highest BCUT2D eigenvalue weighted by Gasteiger charge is 2.51. The number of rotatable bonds is 8. The van der Waals surface area contributed by atoms with Gasteiger partial charge in [0.25, 0.3) is 0 Å². The van der Waals surface area contributed by atoms with Crippen LogP contribution in [0.3, 0.4) is 0 Å². The highest BCUT2D eigenvalue weighted by atomic mass is 16.6. The van der Waals surface area contributed by atoms with Crippen molar-refractivity contribution in [2.24, 2.45) is 11.3 Å². The van der Waals surface area contributed by atoms with E-state index in [0.29, 0.717) is 6.42 Å². The van der Waals surface area contributed by atoms with Crippen LogP contribution in [0.4, 0.5) is 0 Å². The molecule has 0 aliphatic carbocycles. The maximum atomic E-state index is 12.2. The number of esters is 2. The van der Waals surface area contributed by atoms with Crippen LogP contribution in [0, 0.1) is 11.3 Å². The van der Waals surface area contributed by atoms with Crippen LogP contribution < -0.4 is 0 Å². The summed E-state index contributed by atoms with van der Waals surface area (Å²) >= 11 is 0. The minimum absolute atomic E-state index is 0.0781. The van der Waals surface area contributed by atoms with E-state index < -0.39 is 17.4 Å². The molecule has 0 spiro atoms. The van der Waals surface area contributed by atoms with Crippen LogP contribution in [0.1, 0.15) is 53.9 Å². The van der Waals surface area contributed by atoms with Gasteiger partial charge in [-0.3, -0.25) is 9.59 Å². The predicted molar refractivity (Wildman–Crippen MR) is 70.1 cm³/mol. The molecule has 0 aliphatic heterocycles. The van der Waals surface area contributed by atoms with E-state index >= 15 is 0 Å². The van der Waals surface area contributed by atoms with Gasteiger partial charge in [0, 0.05) is 0 Å². The Morgan fingerprint density at radius 1 is 1.00 bits per heavy atom. The maximum absolute atomic E-state index is 12.2. The molecule has 4 heteroatoms. The molecule has 0 saturated heterocycles. The largest absolute Gasteiger partial charge is 0.465 e. The number of carbonyl (C=O) groups excluding carboxylic acids is 2. The molecule has 0 aliphatic rings. The molecule has 4 nitrogen and oxygen atoms in total. The van der Waals surface area contributed by atoms with E-state index in [9.17, 15) is 9.59 Å². The zero-order chi connectivity index (χ0) is 14.2. The maximum Gasteiger partial charge on any atom is 0.323 e. The average Bonchev–Trinajstić information content (AvgIpc) is 2.31. The van der Waals surface area contributed by atoms with E-state index in [0.717, 1.165) is 12.8 Å². The molecule has 0 unspecified atom stereocenters. The average molecular weight is 258 g/mol. The molecule has 0 aromatic heterocycles. The van der Waals surface area contributed by atoms with Crippen LogP contribution in [-0.2, 0) is 19.1 Å². The molecule has 18 heavy (non-hydrogen) atoms. The molecule has 0 fully saturated rings. The quantitative estimate of drug-likeness (QED) is 0.496. The first-order valence-electron chi connectivity index (χ1n) is 6.85. The minimum Gasteiger partial charge on any atom is -0.465 e. The van der Waals surface area contributed by atoms with Crippen molar-refractivity contribution in [3.63, 3.8) is 0 Å². The van der Waals surface area contributed by atoms with Crippen molar-refractivity contribution in [2.45, 2.75) is 53.9 Å². The molecular formula is C14H26O4. The van der Waals surface area contributed by atoms with Gasteiger partial charge in [0.05, 0.1) is 13.2 Å². The summed E-state index contributed by atoms with van der Waals surface area (Å²) in [6.07, 6.45) is 2.12. The van der Waals surface area contributed by atoms with Gasteiger partial charge in [-0.1, -0.05) is 27.2 Å². The molecule has 0 bridgehead atoms. The Balaban J connectivity index is 5.31. The SMILES string of the molecule is CCC[C@@H](C)C(CC)(C(=O)OCC)C(=O)OCC. The highest BCUT2D eigenvalue weighted by molar-refractivity contribution is 6.00. The summed E-state index contributed by atoms with van der Waals surface area (Å²) in [5, 5.41) is 0. The first-order valence-corrected chi connectivity index (χ1v) is 6.85. The second kappa shape index (κ2) is 8.11. The first-order chi connectivity index (χ1) is 8.50. The Hall–Kier alpha value is -1.06. The van der Waals surface area contributed by atoms with Gasteiger partial charge >= 0.3 is 11.9 Å². The van der Waals surface area contributed by atoms with Crippen molar-refractivity contribution in [2.75, 3.05) is 13.2 Å². The van der Waals surface area contributed by atoms with Crippen LogP contribution in [0.5, 0.6) is 0 Å². The summed E-state index contributed by atoms with van der Waals surface area (Å²) in [5.74, 6) is -0.982. The number of hydrogen-bond donors (Lipinski definition) is 0. The molecule has 0 N–H and O–H groups in total. The van der Waals surface area contributed by atoms with Crippen LogP contribution in [-0.4, -0.2) is 25.2 Å². The van der Waals surface area contributed by atoms with E-state index in [-0.39, 0.29) is 19.1 Å². The molecular weight excluding hydrogens is 232 g/mol. The van der Waals surface area contributed by atoms with E-state index in [1.165, 1.54) is 0 Å². The van der Waals surface area contributed by atoms with Gasteiger partial charge in [-0.2, -0.15) is 0 Å². The van der Waals surface area contributed by atoms with Gasteiger partial charge in [0.2, 0.25) is 0 Å². The zero-order valence-corrected chi connectivity index (χ0v) is 12.2. The van der Waals surface area contributed by atoms with Crippen molar-refractivity contribution in [3.8, 4) is 0 Å². The van der Waals surface area contributed by atoms with Crippen LogP contribution in [0.15, 0.2) is 0 Å². The molecule has 0 rings (SSSR count). The summed E-state index contributed by atoms with van der Waals surface area (Å²) in [6, 6.07) is 0. The number of carbonyl (C=O) groups is 2. The van der Waals surface area contributed by atoms with Crippen molar-refractivity contribution >= 4 is 11.9 Å². The third kappa shape index (κ3) is 3.47. The summed E-state index contributed by atoms with van der Waals surface area (Å²) < 4.78 is 10.2. The van der Waals surface area contributed by atoms with Crippen molar-refractivity contribution in [3.05, 3.63) is 0 Å². The second-order valence-electron chi connectivity index (χ2n) is 4.46. The smallest absolute Gasteiger partial charge is 0.323 e. The molecule has 0 aromatic rings. The van der Waals surface area contributed by atoms with Crippen LogP contribution in [0.25, 0.3) is 0 Å². The summed E-state index contributed by atoms with van der Waals surface area (Å²) in [6.45, 7) is 9.83. The third-order valence-electron chi connectivity index (χ3n) is 3.40. The Bertz CT molecular complexity index is 255. The van der Waals surface area contributed by atoms with E-state index in [1.807, 2.05) is 20.8 Å². The minimum atomic E-state index is -1.15. The monoisotopic (exact) mass is 258 g/mol. The van der Waals surface area contributed by atoms with E-state index in [2.05, 4.69) is 0 Å². The fraction of sp³-hybridized carbons (Fsp3) is 0.857. The lowest BCUT2D eigenvalue weighted by molar-refractivity contribution is -0.177. The molecule has 0 saturated carbocycles. The Kier molecular flexibility index (Phi) is 7.64. The molecule has 0 amide bonds. The third-order valence-corrected chi connectivity index (χ3v) is 3.40. The van der Waals surface area contributed by atoms with E-state index in [1.54, 1.807) is 13.8 Å². The van der Waals surface area contributed by atoms with E-state index in [4.69, 9.17) is 9.47 Å². The molecule has 106 valence electrons. The lowest BCUT2D eigenvalue weighted by Crippen LogP contribution is -2.46. The van der Waals surface area contributed by atoms with Gasteiger partial charge in [-0.15, -0.1) is 0 Å². The Morgan fingerprint density at radius 2 is 1.44 bits per heavy atom. The zero-order valence-electron chi connectivity index (χ0n) is 12.2. The van der Waals surface area contributed by atoms with Crippen molar-refractivity contribution < 1.29 is 19.1 Å². The summed E-state index contributed by atoms with van der Waals surface area (Å²) in [4.78, 5) is 24.4. The van der Waals surface area contributed by atoms with Gasteiger partial charge in [0.1, 0.15) is 0 Å². The molecule has 1 atom stereocenters. The van der Waals surface area contributed by atoms with Gasteiger partial charge in [-0.05, 0) is 32.6 Å². The topological polar surface area (TPSA) is 52.6 Å². The summed E-state index contributed by atoms with van der Waals surface area (Å²) in [5.41, 5.74) is -1.15. The van der Waals surface area contributed by atoms with Crippen LogP contribution >= 0.6 is 0 Å². The molecule has 0 aromatic carbocycles. The normalized spacial score (nSPS) is 12.9. The second-order valence-corrected chi connectivity index (χ2v) is 4.46. The molecule has 0 heterocycles.